The number of carbonyl (C=O) groups excluding carboxylic acids is 2. The van der Waals surface area contributed by atoms with E-state index in [1.54, 1.807) is 17.9 Å². The molecule has 3 rings (SSSR count). The van der Waals surface area contributed by atoms with E-state index in [1.165, 1.54) is 0 Å². The molecule has 2 heterocycles. The number of carbonyl (C=O) groups is 2. The lowest BCUT2D eigenvalue weighted by molar-refractivity contribution is -0.149. The fraction of sp³-hybridized carbons (Fsp3) is 0.450. The summed E-state index contributed by atoms with van der Waals surface area (Å²) in [5.41, 5.74) is 2.01. The number of piperidine rings is 1. The molecule has 144 valence electrons. The van der Waals surface area contributed by atoms with Crippen molar-refractivity contribution in [1.29, 1.82) is 0 Å². The van der Waals surface area contributed by atoms with Crippen molar-refractivity contribution in [3.8, 4) is 17.0 Å². The molecule has 2 aromatic rings. The van der Waals surface area contributed by atoms with E-state index in [-0.39, 0.29) is 17.8 Å². The number of benzene rings is 1. The molecule has 1 N–H and O–H groups in total. The maximum Gasteiger partial charge on any atom is 0.310 e. The number of rotatable bonds is 6. The molecule has 1 aromatic heterocycles. The molecule has 7 nitrogen and oxygen atoms in total. The van der Waals surface area contributed by atoms with Crippen LogP contribution in [0.3, 0.4) is 0 Å². The van der Waals surface area contributed by atoms with Gasteiger partial charge < -0.3 is 14.4 Å². The van der Waals surface area contributed by atoms with Crippen LogP contribution in [0.2, 0.25) is 0 Å². The van der Waals surface area contributed by atoms with E-state index in [1.807, 2.05) is 31.2 Å². The molecule has 0 saturated carbocycles. The van der Waals surface area contributed by atoms with Gasteiger partial charge in [-0.05, 0) is 57.0 Å². The number of ether oxygens (including phenoxy) is 2. The fourth-order valence-corrected chi connectivity index (χ4v) is 3.25. The Kier molecular flexibility index (Phi) is 6.11. The quantitative estimate of drug-likeness (QED) is 0.789. The highest BCUT2D eigenvalue weighted by Crippen LogP contribution is 2.23. The van der Waals surface area contributed by atoms with Crippen LogP contribution in [-0.4, -0.2) is 53.3 Å². The van der Waals surface area contributed by atoms with Gasteiger partial charge in [-0.25, -0.2) is 0 Å². The largest absolute Gasteiger partial charge is 0.494 e. The lowest BCUT2D eigenvalue weighted by Gasteiger charge is -2.31. The number of aromatic nitrogens is 2. The van der Waals surface area contributed by atoms with Crippen molar-refractivity contribution in [3.05, 3.63) is 36.0 Å². The number of H-pyrrole nitrogens is 1. The zero-order chi connectivity index (χ0) is 19.2. The first-order chi connectivity index (χ1) is 13.1. The molecule has 7 heteroatoms. The molecule has 1 saturated heterocycles. The van der Waals surface area contributed by atoms with E-state index in [2.05, 4.69) is 10.2 Å². The van der Waals surface area contributed by atoms with E-state index < -0.39 is 0 Å². The Morgan fingerprint density at radius 2 is 2.00 bits per heavy atom. The van der Waals surface area contributed by atoms with Crippen molar-refractivity contribution in [3.63, 3.8) is 0 Å². The minimum Gasteiger partial charge on any atom is -0.494 e. The monoisotopic (exact) mass is 371 g/mol. The van der Waals surface area contributed by atoms with Crippen LogP contribution in [0.4, 0.5) is 0 Å². The van der Waals surface area contributed by atoms with Crippen molar-refractivity contribution in [2.75, 3.05) is 26.3 Å². The summed E-state index contributed by atoms with van der Waals surface area (Å²) >= 11 is 0. The Morgan fingerprint density at radius 3 is 2.70 bits per heavy atom. The Labute approximate surface area is 158 Å². The Bertz CT molecular complexity index is 785. The number of amides is 1. The summed E-state index contributed by atoms with van der Waals surface area (Å²) in [6.45, 7) is 5.71. The second-order valence-corrected chi connectivity index (χ2v) is 6.47. The molecule has 1 aliphatic heterocycles. The molecule has 0 bridgehead atoms. The van der Waals surface area contributed by atoms with Gasteiger partial charge in [-0.1, -0.05) is 0 Å². The van der Waals surface area contributed by atoms with Crippen molar-refractivity contribution in [2.24, 2.45) is 5.92 Å². The van der Waals surface area contributed by atoms with Gasteiger partial charge in [-0.2, -0.15) is 5.10 Å². The lowest BCUT2D eigenvalue weighted by atomic mass is 9.98. The third kappa shape index (κ3) is 4.48. The van der Waals surface area contributed by atoms with Crippen LogP contribution in [-0.2, 0) is 9.53 Å². The van der Waals surface area contributed by atoms with Crippen LogP contribution in [0.1, 0.15) is 37.2 Å². The van der Waals surface area contributed by atoms with Crippen LogP contribution >= 0.6 is 0 Å². The highest BCUT2D eigenvalue weighted by atomic mass is 16.5. The highest BCUT2D eigenvalue weighted by molar-refractivity contribution is 5.93. The third-order valence-corrected chi connectivity index (χ3v) is 4.60. The summed E-state index contributed by atoms with van der Waals surface area (Å²) < 4.78 is 10.5. The van der Waals surface area contributed by atoms with E-state index in [0.29, 0.717) is 37.7 Å². The fourth-order valence-electron chi connectivity index (χ4n) is 3.25. The van der Waals surface area contributed by atoms with Gasteiger partial charge in [0.1, 0.15) is 11.4 Å². The number of likely N-dealkylation sites (tertiary alicyclic amines) is 1. The Hall–Kier alpha value is -2.83. The smallest absolute Gasteiger partial charge is 0.310 e. The first-order valence-electron chi connectivity index (χ1n) is 9.37. The Balaban J connectivity index is 1.68. The molecule has 0 radical (unpaired) electrons. The second kappa shape index (κ2) is 8.70. The zero-order valence-electron chi connectivity index (χ0n) is 15.7. The minimum atomic E-state index is -0.254. The molecular formula is C20H25N3O4. The summed E-state index contributed by atoms with van der Waals surface area (Å²) in [5.74, 6) is 0.172. The van der Waals surface area contributed by atoms with Crippen LogP contribution in [0, 0.1) is 5.92 Å². The molecule has 27 heavy (non-hydrogen) atoms. The topological polar surface area (TPSA) is 84.5 Å². The standard InChI is InChI=1S/C20H25N3O4/c1-3-26-16-9-7-14(8-10-16)17-12-18(22-21-17)19(24)23-11-5-6-15(13-23)20(25)27-4-2/h7-10,12,15H,3-6,11,13H2,1-2H3,(H,21,22). The van der Waals surface area contributed by atoms with Crippen LogP contribution in [0.5, 0.6) is 5.75 Å². The minimum absolute atomic E-state index is 0.145. The number of aromatic amines is 1. The first-order valence-corrected chi connectivity index (χ1v) is 9.37. The Morgan fingerprint density at radius 1 is 1.22 bits per heavy atom. The molecule has 1 unspecified atom stereocenters. The summed E-state index contributed by atoms with van der Waals surface area (Å²) in [4.78, 5) is 26.5. The summed E-state index contributed by atoms with van der Waals surface area (Å²) in [6.07, 6.45) is 1.54. The number of esters is 1. The van der Waals surface area contributed by atoms with E-state index in [4.69, 9.17) is 9.47 Å². The average Bonchev–Trinajstić information content (AvgIpc) is 3.19. The molecule has 1 atom stereocenters. The normalized spacial score (nSPS) is 16.8. The first kappa shape index (κ1) is 18.9. The van der Waals surface area contributed by atoms with Gasteiger partial charge in [-0.15, -0.1) is 0 Å². The maximum absolute atomic E-state index is 12.8. The summed E-state index contributed by atoms with van der Waals surface area (Å²) in [7, 11) is 0. The number of nitrogens with one attached hydrogen (secondary N) is 1. The van der Waals surface area contributed by atoms with Gasteiger partial charge in [0.25, 0.3) is 5.91 Å². The van der Waals surface area contributed by atoms with Gasteiger partial charge in [0.15, 0.2) is 0 Å². The van der Waals surface area contributed by atoms with Crippen molar-refractivity contribution < 1.29 is 19.1 Å². The van der Waals surface area contributed by atoms with Gasteiger partial charge in [0.05, 0.1) is 24.8 Å². The molecule has 0 aliphatic carbocycles. The summed E-state index contributed by atoms with van der Waals surface area (Å²) in [5, 5.41) is 7.08. The van der Waals surface area contributed by atoms with Crippen LogP contribution in [0.25, 0.3) is 11.3 Å². The van der Waals surface area contributed by atoms with Gasteiger partial charge in [0.2, 0.25) is 0 Å². The molecular weight excluding hydrogens is 346 g/mol. The highest BCUT2D eigenvalue weighted by Gasteiger charge is 2.30. The van der Waals surface area contributed by atoms with Crippen LogP contribution in [0.15, 0.2) is 30.3 Å². The van der Waals surface area contributed by atoms with E-state index in [9.17, 15) is 9.59 Å². The molecule has 1 amide bonds. The molecule has 1 aromatic carbocycles. The van der Waals surface area contributed by atoms with Gasteiger partial charge in [-0.3, -0.25) is 14.7 Å². The SMILES string of the molecule is CCOC(=O)C1CCCN(C(=O)c2cc(-c3ccc(OCC)cc3)n[nH]2)C1. The van der Waals surface area contributed by atoms with Crippen LogP contribution < -0.4 is 4.74 Å². The van der Waals surface area contributed by atoms with E-state index in [0.717, 1.165) is 24.2 Å². The van der Waals surface area contributed by atoms with Crippen molar-refractivity contribution in [2.45, 2.75) is 26.7 Å². The number of hydrogen-bond acceptors (Lipinski definition) is 5. The molecule has 0 spiro atoms. The van der Waals surface area contributed by atoms with Crippen molar-refractivity contribution >= 4 is 11.9 Å². The average molecular weight is 371 g/mol. The van der Waals surface area contributed by atoms with E-state index >= 15 is 0 Å². The molecule has 1 fully saturated rings. The van der Waals surface area contributed by atoms with Crippen molar-refractivity contribution in [1.82, 2.24) is 15.1 Å². The lowest BCUT2D eigenvalue weighted by Crippen LogP contribution is -2.43. The second-order valence-electron chi connectivity index (χ2n) is 6.47. The number of nitrogens with zero attached hydrogens (tertiary/aromatic N) is 2. The number of hydrogen-bond donors (Lipinski definition) is 1. The summed E-state index contributed by atoms with van der Waals surface area (Å²) in [6, 6.07) is 9.32. The predicted octanol–water partition coefficient (Wildman–Crippen LogP) is 2.89. The van der Waals surface area contributed by atoms with Gasteiger partial charge >= 0.3 is 5.97 Å². The predicted molar refractivity (Wildman–Crippen MR) is 100 cm³/mol. The maximum atomic E-state index is 12.8. The van der Waals surface area contributed by atoms with Gasteiger partial charge in [0, 0.05) is 18.7 Å². The zero-order valence-corrected chi connectivity index (χ0v) is 15.7. The third-order valence-electron chi connectivity index (χ3n) is 4.60. The molecule has 1 aliphatic rings.